The van der Waals surface area contributed by atoms with Crippen molar-refractivity contribution in [3.8, 4) is 0 Å². The smallest absolute Gasteiger partial charge is 0.382 e. The van der Waals surface area contributed by atoms with Crippen LogP contribution in [0.25, 0.3) is 0 Å². The molecule has 144 valence electrons. The van der Waals surface area contributed by atoms with Crippen molar-refractivity contribution in [2.24, 2.45) is 0 Å². The van der Waals surface area contributed by atoms with Gasteiger partial charge >= 0.3 is 6.18 Å². The molecule has 0 spiro atoms. The minimum atomic E-state index is -4.46. The van der Waals surface area contributed by atoms with Crippen LogP contribution in [0.4, 0.5) is 24.5 Å². The third kappa shape index (κ3) is 5.45. The van der Waals surface area contributed by atoms with Crippen molar-refractivity contribution in [3.05, 3.63) is 53.9 Å². The first-order chi connectivity index (χ1) is 12.9. The normalized spacial score (nSPS) is 15.8. The fourth-order valence-electron chi connectivity index (χ4n) is 3.27. The van der Waals surface area contributed by atoms with Crippen LogP contribution in [0, 0.1) is 0 Å². The summed E-state index contributed by atoms with van der Waals surface area (Å²) in [5, 5.41) is 5.92. The average Bonchev–Trinajstić information content (AvgIpc) is 2.90. The van der Waals surface area contributed by atoms with Gasteiger partial charge in [-0.25, -0.2) is 0 Å². The molecular formula is C20H22F3N3O. The number of hydrogen-bond donors (Lipinski definition) is 2. The highest BCUT2D eigenvalue weighted by Crippen LogP contribution is 2.30. The van der Waals surface area contributed by atoms with Crippen LogP contribution in [0.15, 0.2) is 42.6 Å². The van der Waals surface area contributed by atoms with E-state index >= 15 is 0 Å². The molecule has 7 heteroatoms. The zero-order chi connectivity index (χ0) is 19.3. The summed E-state index contributed by atoms with van der Waals surface area (Å²) >= 11 is 0. The third-order valence-corrected chi connectivity index (χ3v) is 4.67. The summed E-state index contributed by atoms with van der Waals surface area (Å²) in [4.78, 5) is 16.4. The van der Waals surface area contributed by atoms with Crippen molar-refractivity contribution < 1.29 is 18.0 Å². The number of halogens is 3. The lowest BCUT2D eigenvalue weighted by Gasteiger charge is -2.18. The Morgan fingerprint density at radius 3 is 2.44 bits per heavy atom. The molecule has 1 aliphatic rings. The number of hydrogen-bond acceptors (Lipinski definition) is 3. The van der Waals surface area contributed by atoms with Gasteiger partial charge in [0.1, 0.15) is 5.69 Å². The maximum atomic E-state index is 12.8. The Kier molecular flexibility index (Phi) is 5.98. The van der Waals surface area contributed by atoms with E-state index < -0.39 is 17.6 Å². The summed E-state index contributed by atoms with van der Waals surface area (Å²) in [5.41, 5.74) is 0.230. The highest BCUT2D eigenvalue weighted by molar-refractivity contribution is 6.03. The lowest BCUT2D eigenvalue weighted by Crippen LogP contribution is -2.19. The molecule has 27 heavy (non-hydrogen) atoms. The van der Waals surface area contributed by atoms with Crippen LogP contribution in [0.3, 0.4) is 0 Å². The Balaban J connectivity index is 1.68. The van der Waals surface area contributed by atoms with E-state index in [0.29, 0.717) is 6.04 Å². The molecule has 0 atom stereocenters. The third-order valence-electron chi connectivity index (χ3n) is 4.67. The van der Waals surface area contributed by atoms with Gasteiger partial charge in [0.15, 0.2) is 0 Å². The van der Waals surface area contributed by atoms with Crippen molar-refractivity contribution in [3.63, 3.8) is 0 Å². The number of rotatable bonds is 4. The molecule has 0 unspecified atom stereocenters. The summed E-state index contributed by atoms with van der Waals surface area (Å²) in [6, 6.07) is 8.35. The summed E-state index contributed by atoms with van der Waals surface area (Å²) in [5.74, 6) is -0.543. The van der Waals surface area contributed by atoms with Gasteiger partial charge in [0.2, 0.25) is 0 Å². The predicted octanol–water partition coefficient (Wildman–Crippen LogP) is 5.49. The molecule has 0 aliphatic heterocycles. The maximum absolute atomic E-state index is 12.8. The molecule has 1 aliphatic carbocycles. The van der Waals surface area contributed by atoms with Gasteiger partial charge in [-0.3, -0.25) is 9.78 Å². The Bertz CT molecular complexity index is 784. The molecule has 0 saturated heterocycles. The van der Waals surface area contributed by atoms with E-state index in [9.17, 15) is 18.0 Å². The number of nitrogens with zero attached hydrogens (tertiary/aromatic N) is 1. The number of amides is 1. The number of pyridine rings is 1. The lowest BCUT2D eigenvalue weighted by molar-refractivity contribution is -0.137. The van der Waals surface area contributed by atoms with E-state index in [2.05, 4.69) is 15.6 Å². The van der Waals surface area contributed by atoms with Crippen LogP contribution >= 0.6 is 0 Å². The second-order valence-electron chi connectivity index (χ2n) is 6.80. The molecule has 3 rings (SSSR count). The van der Waals surface area contributed by atoms with Crippen molar-refractivity contribution in [2.45, 2.75) is 50.7 Å². The molecule has 1 amide bonds. The van der Waals surface area contributed by atoms with E-state index in [-0.39, 0.29) is 11.4 Å². The average molecular weight is 377 g/mol. The van der Waals surface area contributed by atoms with Gasteiger partial charge in [-0.05, 0) is 43.2 Å². The van der Waals surface area contributed by atoms with Crippen LogP contribution in [0.2, 0.25) is 0 Å². The van der Waals surface area contributed by atoms with Crippen molar-refractivity contribution >= 4 is 17.3 Å². The van der Waals surface area contributed by atoms with Crippen molar-refractivity contribution in [2.75, 3.05) is 10.6 Å². The van der Waals surface area contributed by atoms with Crippen LogP contribution in [0.1, 0.15) is 54.6 Å². The zero-order valence-electron chi connectivity index (χ0n) is 14.9. The fourth-order valence-corrected chi connectivity index (χ4v) is 3.27. The number of aromatic nitrogens is 1. The summed E-state index contributed by atoms with van der Waals surface area (Å²) < 4.78 is 38.4. The quantitative estimate of drug-likeness (QED) is 0.693. The largest absolute Gasteiger partial charge is 0.416 e. The monoisotopic (exact) mass is 377 g/mol. The van der Waals surface area contributed by atoms with Crippen molar-refractivity contribution in [1.29, 1.82) is 0 Å². The van der Waals surface area contributed by atoms with E-state index in [0.717, 1.165) is 30.7 Å². The van der Waals surface area contributed by atoms with Crippen LogP contribution < -0.4 is 10.6 Å². The molecule has 1 aromatic carbocycles. The Hall–Kier alpha value is -2.57. The van der Waals surface area contributed by atoms with Gasteiger partial charge in [0.25, 0.3) is 5.91 Å². The standard InChI is InChI=1S/C20H22F3N3O/c21-20(22,23)14-6-5-9-16(12-14)26-19(27)18-13-17(10-11-24-18)25-15-7-3-1-2-4-8-15/h5-6,9-13,15H,1-4,7-8H2,(H,24,25)(H,26,27). The van der Waals surface area contributed by atoms with Crippen LogP contribution in [-0.4, -0.2) is 16.9 Å². The van der Waals surface area contributed by atoms with Crippen molar-refractivity contribution in [1.82, 2.24) is 4.98 Å². The lowest BCUT2D eigenvalue weighted by atomic mass is 10.1. The second kappa shape index (κ2) is 8.41. The second-order valence-corrected chi connectivity index (χ2v) is 6.80. The number of benzene rings is 1. The molecule has 4 nitrogen and oxygen atoms in total. The Labute approximate surface area is 156 Å². The number of nitrogens with one attached hydrogen (secondary N) is 2. The van der Waals surface area contributed by atoms with E-state index in [1.807, 2.05) is 0 Å². The number of anilines is 2. The van der Waals surface area contributed by atoms with Gasteiger partial charge < -0.3 is 10.6 Å². The zero-order valence-corrected chi connectivity index (χ0v) is 14.9. The van der Waals surface area contributed by atoms with Crippen LogP contribution in [-0.2, 0) is 6.18 Å². The Morgan fingerprint density at radius 2 is 1.74 bits per heavy atom. The molecular weight excluding hydrogens is 355 g/mol. The summed E-state index contributed by atoms with van der Waals surface area (Å²) in [7, 11) is 0. The van der Waals surface area contributed by atoms with Crippen LogP contribution in [0.5, 0.6) is 0 Å². The molecule has 1 fully saturated rings. The van der Waals surface area contributed by atoms with E-state index in [1.54, 1.807) is 12.1 Å². The van der Waals surface area contributed by atoms with Gasteiger partial charge in [-0.2, -0.15) is 13.2 Å². The maximum Gasteiger partial charge on any atom is 0.416 e. The van der Waals surface area contributed by atoms with E-state index in [4.69, 9.17) is 0 Å². The number of carbonyl (C=O) groups is 1. The first kappa shape index (κ1) is 19.2. The molecule has 1 heterocycles. The van der Waals surface area contributed by atoms with E-state index in [1.165, 1.54) is 44.0 Å². The SMILES string of the molecule is O=C(Nc1cccc(C(F)(F)F)c1)c1cc(NC2CCCCCC2)ccn1. The molecule has 2 aromatic rings. The minimum absolute atomic E-state index is 0.0822. The first-order valence-electron chi connectivity index (χ1n) is 9.13. The fraction of sp³-hybridized carbons (Fsp3) is 0.400. The molecule has 0 radical (unpaired) electrons. The number of carbonyl (C=O) groups excluding carboxylic acids is 1. The highest BCUT2D eigenvalue weighted by Gasteiger charge is 2.30. The first-order valence-corrected chi connectivity index (χ1v) is 9.13. The molecule has 1 aromatic heterocycles. The summed E-state index contributed by atoms with van der Waals surface area (Å²) in [6.07, 6.45) is 4.12. The topological polar surface area (TPSA) is 54.0 Å². The number of alkyl halides is 3. The molecule has 2 N–H and O–H groups in total. The van der Waals surface area contributed by atoms with Gasteiger partial charge in [-0.1, -0.05) is 31.7 Å². The predicted molar refractivity (Wildman–Crippen MR) is 98.7 cm³/mol. The van der Waals surface area contributed by atoms with Gasteiger partial charge in [0.05, 0.1) is 5.56 Å². The minimum Gasteiger partial charge on any atom is -0.382 e. The molecule has 0 bridgehead atoms. The molecule has 1 saturated carbocycles. The van der Waals surface area contributed by atoms with Gasteiger partial charge in [-0.15, -0.1) is 0 Å². The Morgan fingerprint density at radius 1 is 1.00 bits per heavy atom. The highest BCUT2D eigenvalue weighted by atomic mass is 19.4. The summed E-state index contributed by atoms with van der Waals surface area (Å²) in [6.45, 7) is 0. The van der Waals surface area contributed by atoms with Gasteiger partial charge in [0, 0.05) is 23.6 Å².